The number of ether oxygens (including phenoxy) is 1. The summed E-state index contributed by atoms with van der Waals surface area (Å²) in [6, 6.07) is 3.67. The van der Waals surface area contributed by atoms with Crippen molar-refractivity contribution in [2.75, 3.05) is 11.9 Å². The second-order valence-electron chi connectivity index (χ2n) is 5.19. The zero-order valence-corrected chi connectivity index (χ0v) is 13.0. The molecule has 0 bridgehead atoms. The van der Waals surface area contributed by atoms with Gasteiger partial charge in [0.05, 0.1) is 12.4 Å². The molecular formula is C15H17N3O3S. The highest BCUT2D eigenvalue weighted by Gasteiger charge is 2.26. The van der Waals surface area contributed by atoms with E-state index in [2.05, 4.69) is 15.5 Å². The fourth-order valence-corrected chi connectivity index (χ4v) is 2.98. The van der Waals surface area contributed by atoms with Gasteiger partial charge in [-0.2, -0.15) is 0 Å². The molecule has 0 saturated carbocycles. The van der Waals surface area contributed by atoms with E-state index in [0.717, 1.165) is 18.6 Å². The first-order valence-corrected chi connectivity index (χ1v) is 8.00. The number of carbonyl (C=O) groups excluding carboxylic acids is 1. The van der Waals surface area contributed by atoms with Crippen LogP contribution >= 0.6 is 11.3 Å². The molecule has 116 valence electrons. The molecule has 0 radical (unpaired) electrons. The van der Waals surface area contributed by atoms with Crippen molar-refractivity contribution in [2.45, 2.75) is 25.9 Å². The lowest BCUT2D eigenvalue weighted by Crippen LogP contribution is -2.32. The summed E-state index contributed by atoms with van der Waals surface area (Å²) >= 11 is 1.33. The van der Waals surface area contributed by atoms with Gasteiger partial charge in [0, 0.05) is 12.5 Å². The van der Waals surface area contributed by atoms with E-state index in [-0.39, 0.29) is 17.9 Å². The van der Waals surface area contributed by atoms with Crippen LogP contribution in [0.3, 0.4) is 0 Å². The maximum atomic E-state index is 12.2. The minimum atomic E-state index is -0.0187. The third-order valence-corrected chi connectivity index (χ3v) is 4.26. The number of nitrogens with zero attached hydrogens (tertiary/aromatic N) is 2. The van der Waals surface area contributed by atoms with E-state index in [4.69, 9.17) is 9.15 Å². The predicted octanol–water partition coefficient (Wildman–Crippen LogP) is 3.06. The average Bonchev–Trinajstić information content (AvgIpc) is 3.16. The van der Waals surface area contributed by atoms with Gasteiger partial charge in [0.1, 0.15) is 10.8 Å². The van der Waals surface area contributed by atoms with Gasteiger partial charge in [-0.05, 0) is 44.1 Å². The van der Waals surface area contributed by atoms with Gasteiger partial charge >= 0.3 is 0 Å². The number of anilines is 1. The van der Waals surface area contributed by atoms with E-state index in [1.54, 1.807) is 6.26 Å². The average molecular weight is 319 g/mol. The van der Waals surface area contributed by atoms with Crippen LogP contribution in [0.1, 0.15) is 30.5 Å². The Morgan fingerprint density at radius 3 is 3.14 bits per heavy atom. The Morgan fingerprint density at radius 1 is 1.45 bits per heavy atom. The monoisotopic (exact) mass is 319 g/mol. The minimum Gasteiger partial charge on any atom is -0.465 e. The summed E-state index contributed by atoms with van der Waals surface area (Å²) in [6.07, 6.45) is 6.86. The van der Waals surface area contributed by atoms with Crippen molar-refractivity contribution in [2.24, 2.45) is 5.92 Å². The summed E-state index contributed by atoms with van der Waals surface area (Å²) in [4.78, 5) is 12.2. The van der Waals surface area contributed by atoms with Crippen LogP contribution < -0.4 is 5.32 Å². The van der Waals surface area contributed by atoms with E-state index < -0.39 is 0 Å². The molecule has 0 spiro atoms. The normalized spacial score (nSPS) is 22.0. The Kier molecular flexibility index (Phi) is 4.65. The first-order valence-electron chi connectivity index (χ1n) is 7.18. The highest BCUT2D eigenvalue weighted by molar-refractivity contribution is 7.16. The van der Waals surface area contributed by atoms with Crippen LogP contribution in [0.4, 0.5) is 5.13 Å². The van der Waals surface area contributed by atoms with Gasteiger partial charge in [-0.25, -0.2) is 0 Å². The summed E-state index contributed by atoms with van der Waals surface area (Å²) in [6.45, 7) is 2.62. The molecule has 3 heterocycles. The maximum absolute atomic E-state index is 12.2. The molecule has 1 aliphatic rings. The van der Waals surface area contributed by atoms with Crippen LogP contribution in [0.25, 0.3) is 12.2 Å². The summed E-state index contributed by atoms with van der Waals surface area (Å²) in [5.41, 5.74) is 0. The molecule has 1 aliphatic heterocycles. The van der Waals surface area contributed by atoms with E-state index >= 15 is 0 Å². The van der Waals surface area contributed by atoms with Crippen LogP contribution in [-0.2, 0) is 9.53 Å². The zero-order chi connectivity index (χ0) is 15.4. The largest absolute Gasteiger partial charge is 0.465 e. The topological polar surface area (TPSA) is 77.3 Å². The van der Waals surface area contributed by atoms with Crippen molar-refractivity contribution in [3.05, 3.63) is 29.2 Å². The van der Waals surface area contributed by atoms with E-state index in [9.17, 15) is 4.79 Å². The molecule has 2 unspecified atom stereocenters. The van der Waals surface area contributed by atoms with Crippen LogP contribution in [0.2, 0.25) is 0 Å². The van der Waals surface area contributed by atoms with Crippen molar-refractivity contribution < 1.29 is 13.9 Å². The second-order valence-corrected chi connectivity index (χ2v) is 6.20. The Bertz CT molecular complexity index is 651. The molecule has 2 aromatic heterocycles. The lowest BCUT2D eigenvalue weighted by molar-refractivity contribution is -0.124. The first kappa shape index (κ1) is 14.9. The fourth-order valence-electron chi connectivity index (χ4n) is 2.34. The highest BCUT2D eigenvalue weighted by atomic mass is 32.1. The number of nitrogens with one attached hydrogen (secondary N) is 1. The molecule has 2 aromatic rings. The van der Waals surface area contributed by atoms with Gasteiger partial charge in [0.2, 0.25) is 11.0 Å². The first-order chi connectivity index (χ1) is 10.7. The maximum Gasteiger partial charge on any atom is 0.229 e. The van der Waals surface area contributed by atoms with Gasteiger partial charge in [-0.15, -0.1) is 10.2 Å². The van der Waals surface area contributed by atoms with Crippen molar-refractivity contribution >= 4 is 34.5 Å². The number of amides is 1. The Balaban J connectivity index is 1.58. The number of hydrogen-bond donors (Lipinski definition) is 1. The molecule has 1 saturated heterocycles. The molecular weight excluding hydrogens is 302 g/mol. The van der Waals surface area contributed by atoms with Crippen LogP contribution in [0.15, 0.2) is 22.8 Å². The lowest BCUT2D eigenvalue weighted by Gasteiger charge is -2.25. The Hall–Kier alpha value is -1.99. The number of rotatable bonds is 4. The van der Waals surface area contributed by atoms with Crippen molar-refractivity contribution in [1.82, 2.24) is 10.2 Å². The molecule has 2 atom stereocenters. The van der Waals surface area contributed by atoms with E-state index in [1.807, 2.05) is 31.2 Å². The SMILES string of the molecule is CC1CC(C(=O)Nc2nnc(/C=C/c3ccco3)s2)CCO1. The number of furan rings is 1. The van der Waals surface area contributed by atoms with Crippen molar-refractivity contribution in [3.8, 4) is 0 Å². The molecule has 1 fully saturated rings. The van der Waals surface area contributed by atoms with Gasteiger partial charge in [-0.3, -0.25) is 4.79 Å². The summed E-state index contributed by atoms with van der Waals surface area (Å²) in [5.74, 6) is 0.722. The molecule has 1 amide bonds. The lowest BCUT2D eigenvalue weighted by atomic mass is 9.95. The molecule has 6 nitrogen and oxygen atoms in total. The highest BCUT2D eigenvalue weighted by Crippen LogP contribution is 2.23. The molecule has 0 aromatic carbocycles. The van der Waals surface area contributed by atoms with Crippen molar-refractivity contribution in [1.29, 1.82) is 0 Å². The number of aromatic nitrogens is 2. The third-order valence-electron chi connectivity index (χ3n) is 3.46. The van der Waals surface area contributed by atoms with Gasteiger partial charge < -0.3 is 14.5 Å². The summed E-state index contributed by atoms with van der Waals surface area (Å²) in [7, 11) is 0. The molecule has 22 heavy (non-hydrogen) atoms. The summed E-state index contributed by atoms with van der Waals surface area (Å²) in [5, 5.41) is 12.1. The minimum absolute atomic E-state index is 0.00661. The van der Waals surface area contributed by atoms with Gasteiger partial charge in [-0.1, -0.05) is 11.3 Å². The van der Waals surface area contributed by atoms with E-state index in [1.165, 1.54) is 11.3 Å². The number of carbonyl (C=O) groups is 1. The van der Waals surface area contributed by atoms with Crippen molar-refractivity contribution in [3.63, 3.8) is 0 Å². The predicted molar refractivity (Wildman–Crippen MR) is 84.3 cm³/mol. The molecule has 0 aliphatic carbocycles. The standard InChI is InChI=1S/C15H17N3O3S/c1-10-9-11(6-8-20-10)14(19)16-15-18-17-13(22-15)5-4-12-3-2-7-21-12/h2-5,7,10-11H,6,8-9H2,1H3,(H,16,18,19)/b5-4+. The second kappa shape index (κ2) is 6.85. The number of hydrogen-bond acceptors (Lipinski definition) is 6. The van der Waals surface area contributed by atoms with Gasteiger partial charge in [0.25, 0.3) is 0 Å². The zero-order valence-electron chi connectivity index (χ0n) is 12.2. The Morgan fingerprint density at radius 2 is 2.36 bits per heavy atom. The van der Waals surface area contributed by atoms with Crippen LogP contribution in [-0.4, -0.2) is 28.8 Å². The Labute approximate surface area is 132 Å². The molecule has 7 heteroatoms. The van der Waals surface area contributed by atoms with Crippen LogP contribution in [0.5, 0.6) is 0 Å². The third kappa shape index (κ3) is 3.80. The van der Waals surface area contributed by atoms with Crippen LogP contribution in [0, 0.1) is 5.92 Å². The summed E-state index contributed by atoms with van der Waals surface area (Å²) < 4.78 is 10.7. The fraction of sp³-hybridized carbons (Fsp3) is 0.400. The molecule has 3 rings (SSSR count). The smallest absolute Gasteiger partial charge is 0.229 e. The van der Waals surface area contributed by atoms with E-state index in [0.29, 0.717) is 16.7 Å². The molecule has 1 N–H and O–H groups in total. The quantitative estimate of drug-likeness (QED) is 0.937. The van der Waals surface area contributed by atoms with Gasteiger partial charge in [0.15, 0.2) is 0 Å².